The second-order valence-electron chi connectivity index (χ2n) is 6.08. The number of rotatable bonds is 5. The SMILES string of the molecule is CCCC1(C(=O)NCC2CCCCC2)CCCN1. The summed E-state index contributed by atoms with van der Waals surface area (Å²) in [6.07, 6.45) is 10.9. The van der Waals surface area contributed by atoms with Crippen LogP contribution in [0.4, 0.5) is 0 Å². The largest absolute Gasteiger partial charge is 0.354 e. The van der Waals surface area contributed by atoms with E-state index >= 15 is 0 Å². The lowest BCUT2D eigenvalue weighted by molar-refractivity contribution is -0.127. The Kier molecular flexibility index (Phi) is 5.04. The van der Waals surface area contributed by atoms with Crippen LogP contribution in [-0.4, -0.2) is 24.5 Å². The predicted molar refractivity (Wildman–Crippen MR) is 74.5 cm³/mol. The minimum atomic E-state index is -0.247. The van der Waals surface area contributed by atoms with Gasteiger partial charge in [0.1, 0.15) is 0 Å². The van der Waals surface area contributed by atoms with E-state index in [0.717, 1.165) is 44.7 Å². The molecule has 0 spiro atoms. The van der Waals surface area contributed by atoms with Crippen molar-refractivity contribution in [2.24, 2.45) is 5.92 Å². The summed E-state index contributed by atoms with van der Waals surface area (Å²) in [4.78, 5) is 12.4. The first-order valence-electron chi connectivity index (χ1n) is 7.80. The Labute approximate surface area is 111 Å². The van der Waals surface area contributed by atoms with Crippen LogP contribution in [0.3, 0.4) is 0 Å². The first-order chi connectivity index (χ1) is 8.77. The molecule has 1 aliphatic carbocycles. The first-order valence-corrected chi connectivity index (χ1v) is 7.80. The number of carbonyl (C=O) groups is 1. The fourth-order valence-corrected chi connectivity index (χ4v) is 3.55. The smallest absolute Gasteiger partial charge is 0.240 e. The van der Waals surface area contributed by atoms with Gasteiger partial charge in [-0.3, -0.25) is 4.79 Å². The molecule has 1 atom stereocenters. The minimum Gasteiger partial charge on any atom is -0.354 e. The summed E-state index contributed by atoms with van der Waals surface area (Å²) in [5, 5.41) is 6.67. The molecule has 0 radical (unpaired) electrons. The Balaban J connectivity index is 1.81. The summed E-state index contributed by atoms with van der Waals surface area (Å²) in [6, 6.07) is 0. The van der Waals surface area contributed by atoms with Crippen LogP contribution >= 0.6 is 0 Å². The fraction of sp³-hybridized carbons (Fsp3) is 0.933. The highest BCUT2D eigenvalue weighted by Crippen LogP contribution is 2.26. The maximum absolute atomic E-state index is 12.4. The van der Waals surface area contributed by atoms with Gasteiger partial charge >= 0.3 is 0 Å². The van der Waals surface area contributed by atoms with Crippen molar-refractivity contribution in [3.8, 4) is 0 Å². The standard InChI is InChI=1S/C15H28N2O/c1-2-9-15(10-6-11-17-15)14(18)16-12-13-7-4-3-5-8-13/h13,17H,2-12H2,1H3,(H,16,18). The summed E-state index contributed by atoms with van der Waals surface area (Å²) in [7, 11) is 0. The van der Waals surface area contributed by atoms with Crippen LogP contribution in [0.1, 0.15) is 64.7 Å². The molecule has 0 aromatic rings. The summed E-state index contributed by atoms with van der Waals surface area (Å²) in [6.45, 7) is 4.05. The molecule has 1 unspecified atom stereocenters. The summed E-state index contributed by atoms with van der Waals surface area (Å²) < 4.78 is 0. The van der Waals surface area contributed by atoms with Crippen LogP contribution in [0.5, 0.6) is 0 Å². The number of carbonyl (C=O) groups excluding carboxylic acids is 1. The Morgan fingerprint density at radius 3 is 2.67 bits per heavy atom. The Hall–Kier alpha value is -0.570. The van der Waals surface area contributed by atoms with Crippen molar-refractivity contribution in [1.29, 1.82) is 0 Å². The molecular weight excluding hydrogens is 224 g/mol. The van der Waals surface area contributed by atoms with E-state index in [1.54, 1.807) is 0 Å². The Morgan fingerprint density at radius 2 is 2.06 bits per heavy atom. The maximum atomic E-state index is 12.4. The predicted octanol–water partition coefficient (Wildman–Crippen LogP) is 2.61. The molecule has 2 aliphatic rings. The van der Waals surface area contributed by atoms with Crippen molar-refractivity contribution >= 4 is 5.91 Å². The lowest BCUT2D eigenvalue weighted by atomic mass is 9.88. The van der Waals surface area contributed by atoms with E-state index < -0.39 is 0 Å². The normalized spacial score (nSPS) is 29.4. The molecular formula is C15H28N2O. The number of hydrogen-bond acceptors (Lipinski definition) is 2. The summed E-state index contributed by atoms with van der Waals surface area (Å²) >= 11 is 0. The molecule has 2 rings (SSSR count). The van der Waals surface area contributed by atoms with E-state index in [0.29, 0.717) is 0 Å². The zero-order chi connectivity index (χ0) is 12.8. The lowest BCUT2D eigenvalue weighted by Crippen LogP contribution is -2.54. The molecule has 0 aromatic heterocycles. The van der Waals surface area contributed by atoms with Crippen LogP contribution in [0.2, 0.25) is 0 Å². The molecule has 3 heteroatoms. The monoisotopic (exact) mass is 252 g/mol. The van der Waals surface area contributed by atoms with E-state index in [-0.39, 0.29) is 11.4 Å². The summed E-state index contributed by atoms with van der Waals surface area (Å²) in [5.41, 5.74) is -0.247. The highest BCUT2D eigenvalue weighted by molar-refractivity contribution is 5.86. The molecule has 3 nitrogen and oxygen atoms in total. The van der Waals surface area contributed by atoms with E-state index in [1.165, 1.54) is 32.1 Å². The van der Waals surface area contributed by atoms with Gasteiger partial charge in [-0.2, -0.15) is 0 Å². The minimum absolute atomic E-state index is 0.247. The lowest BCUT2D eigenvalue weighted by Gasteiger charge is -2.29. The van der Waals surface area contributed by atoms with Crippen molar-refractivity contribution in [2.45, 2.75) is 70.3 Å². The van der Waals surface area contributed by atoms with Crippen molar-refractivity contribution in [3.63, 3.8) is 0 Å². The number of amides is 1. The molecule has 1 amide bonds. The third kappa shape index (κ3) is 3.25. The zero-order valence-corrected chi connectivity index (χ0v) is 11.8. The molecule has 0 aromatic carbocycles. The molecule has 1 saturated carbocycles. The van der Waals surface area contributed by atoms with E-state index in [2.05, 4.69) is 17.6 Å². The van der Waals surface area contributed by atoms with Crippen LogP contribution in [0.25, 0.3) is 0 Å². The van der Waals surface area contributed by atoms with Gasteiger partial charge in [-0.05, 0) is 44.6 Å². The van der Waals surface area contributed by atoms with Crippen LogP contribution < -0.4 is 10.6 Å². The first kappa shape index (κ1) is 13.9. The molecule has 18 heavy (non-hydrogen) atoms. The topological polar surface area (TPSA) is 41.1 Å². The molecule has 1 heterocycles. The average molecular weight is 252 g/mol. The highest BCUT2D eigenvalue weighted by atomic mass is 16.2. The van der Waals surface area contributed by atoms with Gasteiger partial charge in [-0.25, -0.2) is 0 Å². The molecule has 2 N–H and O–H groups in total. The molecule has 2 fully saturated rings. The van der Waals surface area contributed by atoms with Gasteiger partial charge in [0.25, 0.3) is 0 Å². The van der Waals surface area contributed by atoms with Crippen molar-refractivity contribution in [3.05, 3.63) is 0 Å². The van der Waals surface area contributed by atoms with Crippen LogP contribution in [0, 0.1) is 5.92 Å². The van der Waals surface area contributed by atoms with E-state index in [9.17, 15) is 4.79 Å². The fourth-order valence-electron chi connectivity index (χ4n) is 3.55. The number of hydrogen-bond donors (Lipinski definition) is 2. The van der Waals surface area contributed by atoms with Gasteiger partial charge in [-0.15, -0.1) is 0 Å². The highest BCUT2D eigenvalue weighted by Gasteiger charge is 2.39. The molecule has 0 bridgehead atoms. The summed E-state index contributed by atoms with van der Waals surface area (Å²) in [5.74, 6) is 0.982. The molecule has 104 valence electrons. The van der Waals surface area contributed by atoms with Gasteiger partial charge in [0, 0.05) is 6.54 Å². The van der Waals surface area contributed by atoms with Gasteiger partial charge in [-0.1, -0.05) is 32.6 Å². The van der Waals surface area contributed by atoms with Gasteiger partial charge in [0.05, 0.1) is 5.54 Å². The molecule has 1 saturated heterocycles. The van der Waals surface area contributed by atoms with Gasteiger partial charge in [0.15, 0.2) is 0 Å². The zero-order valence-electron chi connectivity index (χ0n) is 11.8. The van der Waals surface area contributed by atoms with Crippen molar-refractivity contribution in [2.75, 3.05) is 13.1 Å². The molecule has 1 aliphatic heterocycles. The quantitative estimate of drug-likeness (QED) is 0.789. The Morgan fingerprint density at radius 1 is 1.28 bits per heavy atom. The second kappa shape index (κ2) is 6.55. The number of nitrogens with one attached hydrogen (secondary N) is 2. The van der Waals surface area contributed by atoms with Crippen molar-refractivity contribution in [1.82, 2.24) is 10.6 Å². The van der Waals surface area contributed by atoms with Gasteiger partial charge in [0.2, 0.25) is 5.91 Å². The average Bonchev–Trinajstić information content (AvgIpc) is 2.87. The van der Waals surface area contributed by atoms with Crippen molar-refractivity contribution < 1.29 is 4.79 Å². The second-order valence-corrected chi connectivity index (χ2v) is 6.08. The third-order valence-electron chi connectivity index (χ3n) is 4.63. The maximum Gasteiger partial charge on any atom is 0.240 e. The Bertz CT molecular complexity index is 266. The van der Waals surface area contributed by atoms with E-state index in [4.69, 9.17) is 0 Å². The van der Waals surface area contributed by atoms with Crippen LogP contribution in [0.15, 0.2) is 0 Å². The van der Waals surface area contributed by atoms with Gasteiger partial charge < -0.3 is 10.6 Å². The van der Waals surface area contributed by atoms with Crippen LogP contribution in [-0.2, 0) is 4.79 Å². The third-order valence-corrected chi connectivity index (χ3v) is 4.63. The van der Waals surface area contributed by atoms with E-state index in [1.807, 2.05) is 0 Å².